The zero-order chi connectivity index (χ0) is 21.5. The average Bonchev–Trinajstić information content (AvgIpc) is 2.80. The molecule has 2 N–H and O–H groups in total. The van der Waals surface area contributed by atoms with Crippen LogP contribution in [0.2, 0.25) is 0 Å². The fraction of sp³-hybridized carbons (Fsp3) is 0.391. The molecule has 0 aliphatic carbocycles. The lowest BCUT2D eigenvalue weighted by Crippen LogP contribution is -2.55. The molecule has 0 bridgehead atoms. The topological polar surface area (TPSA) is 69.2 Å². The summed E-state index contributed by atoms with van der Waals surface area (Å²) in [5.41, 5.74) is 5.63. The van der Waals surface area contributed by atoms with Gasteiger partial charge < -0.3 is 19.9 Å². The van der Waals surface area contributed by atoms with E-state index in [1.807, 2.05) is 30.0 Å². The second kappa shape index (κ2) is 8.96. The maximum absolute atomic E-state index is 14.9. The highest BCUT2D eigenvalue weighted by molar-refractivity contribution is 6.10. The third kappa shape index (κ3) is 3.67. The molecule has 1 amide bonds. The molecule has 3 aliphatic rings. The van der Waals surface area contributed by atoms with Crippen molar-refractivity contribution < 1.29 is 13.9 Å². The third-order valence-corrected chi connectivity index (χ3v) is 6.33. The van der Waals surface area contributed by atoms with Crippen molar-refractivity contribution in [3.8, 4) is 16.9 Å². The van der Waals surface area contributed by atoms with Gasteiger partial charge in [-0.2, -0.15) is 5.10 Å². The molecule has 3 aliphatic heterocycles. The molecular weight excluding hydrogens is 433 g/mol. The van der Waals surface area contributed by atoms with Crippen molar-refractivity contribution in [2.45, 2.75) is 32.4 Å². The number of benzene rings is 2. The Morgan fingerprint density at radius 3 is 2.81 bits per heavy atom. The van der Waals surface area contributed by atoms with Gasteiger partial charge in [-0.15, -0.1) is 12.4 Å². The SMILES string of the molecule is CC[C@H]1CNCCN1c1cc2c(cc1-c1ccccc1F)OCC1=NNC(=O)[C@@H](C)N12.Cl. The number of anilines is 2. The number of rotatable bonds is 3. The lowest BCUT2D eigenvalue weighted by atomic mass is 9.97. The van der Waals surface area contributed by atoms with Crippen LogP contribution in [0.5, 0.6) is 5.75 Å². The predicted octanol–water partition coefficient (Wildman–Crippen LogP) is 3.13. The number of nitrogens with zero attached hydrogens (tertiary/aromatic N) is 3. The number of carbonyl (C=O) groups is 1. The number of amides is 1. The van der Waals surface area contributed by atoms with E-state index in [2.05, 4.69) is 27.7 Å². The molecule has 5 rings (SSSR count). The van der Waals surface area contributed by atoms with Crippen LogP contribution in [0, 0.1) is 5.82 Å². The van der Waals surface area contributed by atoms with Crippen molar-refractivity contribution in [2.24, 2.45) is 5.10 Å². The summed E-state index contributed by atoms with van der Waals surface area (Å²) in [6.07, 6.45) is 0.965. The average molecular weight is 460 g/mol. The van der Waals surface area contributed by atoms with Crippen LogP contribution in [0.1, 0.15) is 20.3 Å². The number of fused-ring (bicyclic) bond motifs is 3. The number of amidine groups is 1. The van der Waals surface area contributed by atoms with E-state index in [1.165, 1.54) is 6.07 Å². The monoisotopic (exact) mass is 459 g/mol. The highest BCUT2D eigenvalue weighted by Gasteiger charge is 2.37. The molecule has 32 heavy (non-hydrogen) atoms. The zero-order valence-electron chi connectivity index (χ0n) is 18.1. The maximum atomic E-state index is 14.9. The number of ether oxygens (including phenoxy) is 1. The smallest absolute Gasteiger partial charge is 0.262 e. The van der Waals surface area contributed by atoms with Gasteiger partial charge in [0, 0.05) is 42.5 Å². The third-order valence-electron chi connectivity index (χ3n) is 6.33. The maximum Gasteiger partial charge on any atom is 0.262 e. The second-order valence-electron chi connectivity index (χ2n) is 8.12. The van der Waals surface area contributed by atoms with Crippen molar-refractivity contribution in [3.05, 3.63) is 42.2 Å². The molecule has 9 heteroatoms. The Morgan fingerprint density at radius 1 is 1.22 bits per heavy atom. The summed E-state index contributed by atoms with van der Waals surface area (Å²) in [6, 6.07) is 10.7. The normalized spacial score (nSPS) is 22.1. The molecule has 1 fully saturated rings. The standard InChI is InChI=1S/C23H26FN5O2.ClH/c1-3-15-12-25-8-9-28(15)19-11-20-21(10-17(19)16-6-4-5-7-18(16)24)31-13-22-26-27-23(30)14(2)29(20)22;/h4-7,10-11,14-15,25H,3,8-9,12-13H2,1-2H3,(H,27,30);1H/t14-,15+;/m1./s1. The van der Waals surface area contributed by atoms with Gasteiger partial charge in [0.05, 0.1) is 5.69 Å². The van der Waals surface area contributed by atoms with Crippen LogP contribution in [-0.4, -0.2) is 50.1 Å². The van der Waals surface area contributed by atoms with Gasteiger partial charge in [-0.25, -0.2) is 9.82 Å². The van der Waals surface area contributed by atoms with Gasteiger partial charge in [0.15, 0.2) is 5.84 Å². The molecule has 0 radical (unpaired) electrons. The van der Waals surface area contributed by atoms with Gasteiger partial charge in [0.25, 0.3) is 5.91 Å². The Bertz CT molecular complexity index is 1060. The van der Waals surface area contributed by atoms with E-state index in [-0.39, 0.29) is 36.8 Å². The largest absolute Gasteiger partial charge is 0.483 e. The number of piperazine rings is 1. The predicted molar refractivity (Wildman–Crippen MR) is 126 cm³/mol. The van der Waals surface area contributed by atoms with Gasteiger partial charge in [0.2, 0.25) is 0 Å². The highest BCUT2D eigenvalue weighted by Crippen LogP contribution is 2.45. The number of hydrogen-bond donors (Lipinski definition) is 2. The van der Waals surface area contributed by atoms with E-state index in [0.717, 1.165) is 43.0 Å². The van der Waals surface area contributed by atoms with Gasteiger partial charge in [-0.05, 0) is 31.5 Å². The van der Waals surface area contributed by atoms with Crippen LogP contribution in [0.25, 0.3) is 11.1 Å². The molecule has 1 saturated heterocycles. The summed E-state index contributed by atoms with van der Waals surface area (Å²) in [7, 11) is 0. The van der Waals surface area contributed by atoms with Crippen molar-refractivity contribution in [1.82, 2.24) is 10.7 Å². The van der Waals surface area contributed by atoms with Crippen molar-refractivity contribution in [3.63, 3.8) is 0 Å². The van der Waals surface area contributed by atoms with Gasteiger partial charge in [-0.3, -0.25) is 4.79 Å². The molecule has 3 heterocycles. The van der Waals surface area contributed by atoms with Gasteiger partial charge in [-0.1, -0.05) is 25.1 Å². The Labute approximate surface area is 193 Å². The molecule has 0 unspecified atom stereocenters. The molecular formula is C23H27ClFN5O2. The number of hydrazone groups is 1. The number of nitrogens with one attached hydrogen (secondary N) is 2. The van der Waals surface area contributed by atoms with Gasteiger partial charge >= 0.3 is 0 Å². The zero-order valence-corrected chi connectivity index (χ0v) is 18.9. The highest BCUT2D eigenvalue weighted by atomic mass is 35.5. The summed E-state index contributed by atoms with van der Waals surface area (Å²) in [5, 5.41) is 7.64. The van der Waals surface area contributed by atoms with E-state index in [9.17, 15) is 9.18 Å². The Kier molecular flexibility index (Phi) is 6.26. The van der Waals surface area contributed by atoms with Crippen molar-refractivity contribution in [1.29, 1.82) is 0 Å². The summed E-state index contributed by atoms with van der Waals surface area (Å²) >= 11 is 0. The summed E-state index contributed by atoms with van der Waals surface area (Å²) in [4.78, 5) is 16.6. The first-order valence-electron chi connectivity index (χ1n) is 10.8. The first-order chi connectivity index (χ1) is 15.1. The molecule has 170 valence electrons. The van der Waals surface area contributed by atoms with E-state index in [4.69, 9.17) is 4.74 Å². The second-order valence-corrected chi connectivity index (χ2v) is 8.12. The van der Waals surface area contributed by atoms with Crippen LogP contribution >= 0.6 is 12.4 Å². The summed E-state index contributed by atoms with van der Waals surface area (Å²) < 4.78 is 20.9. The van der Waals surface area contributed by atoms with Gasteiger partial charge in [0.1, 0.15) is 24.2 Å². The molecule has 0 saturated carbocycles. The minimum absolute atomic E-state index is 0. The molecule has 2 atom stereocenters. The number of carbonyl (C=O) groups excluding carboxylic acids is 1. The molecule has 2 aromatic rings. The van der Waals surface area contributed by atoms with E-state index in [0.29, 0.717) is 17.1 Å². The first-order valence-corrected chi connectivity index (χ1v) is 10.8. The lowest BCUT2D eigenvalue weighted by Gasteiger charge is -2.42. The Hall–Kier alpha value is -2.84. The molecule has 0 aromatic heterocycles. The van der Waals surface area contributed by atoms with E-state index < -0.39 is 6.04 Å². The van der Waals surface area contributed by atoms with Crippen LogP contribution < -0.4 is 25.3 Å². The number of hydrogen-bond acceptors (Lipinski definition) is 6. The Balaban J connectivity index is 0.00000245. The minimum Gasteiger partial charge on any atom is -0.483 e. The van der Waals surface area contributed by atoms with Crippen LogP contribution in [0.4, 0.5) is 15.8 Å². The van der Waals surface area contributed by atoms with Crippen molar-refractivity contribution in [2.75, 3.05) is 36.0 Å². The van der Waals surface area contributed by atoms with Crippen LogP contribution in [-0.2, 0) is 4.79 Å². The van der Waals surface area contributed by atoms with Crippen LogP contribution in [0.15, 0.2) is 41.5 Å². The fourth-order valence-corrected chi connectivity index (χ4v) is 4.64. The van der Waals surface area contributed by atoms with Crippen molar-refractivity contribution >= 4 is 35.5 Å². The van der Waals surface area contributed by atoms with E-state index in [1.54, 1.807) is 12.1 Å². The first kappa shape index (κ1) is 22.4. The van der Waals surface area contributed by atoms with E-state index >= 15 is 0 Å². The molecule has 7 nitrogen and oxygen atoms in total. The molecule has 2 aromatic carbocycles. The Morgan fingerprint density at radius 2 is 2.03 bits per heavy atom. The number of halogens is 2. The van der Waals surface area contributed by atoms with Crippen LogP contribution in [0.3, 0.4) is 0 Å². The fourth-order valence-electron chi connectivity index (χ4n) is 4.64. The molecule has 0 spiro atoms. The summed E-state index contributed by atoms with van der Waals surface area (Å²) in [6.45, 7) is 6.81. The minimum atomic E-state index is -0.410. The lowest BCUT2D eigenvalue weighted by molar-refractivity contribution is -0.122. The quantitative estimate of drug-likeness (QED) is 0.738. The summed E-state index contributed by atoms with van der Waals surface area (Å²) in [5.74, 6) is 0.864.